The first-order valence-electron chi connectivity index (χ1n) is 16.1. The zero-order chi connectivity index (χ0) is 33.0. The fourth-order valence-corrected chi connectivity index (χ4v) is 9.39. The number of aryl methyl sites for hydroxylation is 1. The molecule has 1 unspecified atom stereocenters. The lowest BCUT2D eigenvalue weighted by Crippen LogP contribution is -2.54. The van der Waals surface area contributed by atoms with Crippen LogP contribution in [-0.2, 0) is 28.6 Å². The molecular weight excluding hydrogens is 644 g/mol. The topological polar surface area (TPSA) is 146 Å². The van der Waals surface area contributed by atoms with E-state index < -0.39 is 14.4 Å². The number of aliphatic hydroxyl groups is 1. The van der Waals surface area contributed by atoms with Crippen LogP contribution in [0.4, 0.5) is 10.6 Å². The van der Waals surface area contributed by atoms with E-state index >= 15 is 0 Å². The van der Waals surface area contributed by atoms with Gasteiger partial charge in [0.15, 0.2) is 14.1 Å². The summed E-state index contributed by atoms with van der Waals surface area (Å²) in [5.41, 5.74) is 4.48. The molecule has 2 fully saturated rings. The first kappa shape index (κ1) is 33.5. The van der Waals surface area contributed by atoms with Gasteiger partial charge >= 0.3 is 6.09 Å². The van der Waals surface area contributed by atoms with Crippen molar-refractivity contribution < 1.29 is 24.2 Å². The van der Waals surface area contributed by atoms with Gasteiger partial charge in [-0.25, -0.2) is 19.7 Å². The van der Waals surface area contributed by atoms with Crippen molar-refractivity contribution in [3.8, 4) is 0 Å². The normalized spacial score (nSPS) is 23.2. The number of aromatic nitrogens is 4. The Balaban J connectivity index is 1.16. The molecule has 4 N–H and O–H groups in total. The van der Waals surface area contributed by atoms with Gasteiger partial charge in [0, 0.05) is 42.3 Å². The summed E-state index contributed by atoms with van der Waals surface area (Å²) in [6, 6.07) is 1.77. The summed E-state index contributed by atoms with van der Waals surface area (Å²) in [6.45, 7) is 14.9. The van der Waals surface area contributed by atoms with Gasteiger partial charge in [-0.05, 0) is 56.8 Å². The highest BCUT2D eigenvalue weighted by Gasteiger charge is 2.50. The number of carboxylic acid groups (broad SMARTS) is 1. The molecule has 3 atom stereocenters. The van der Waals surface area contributed by atoms with Crippen LogP contribution in [0.15, 0.2) is 22.2 Å². The summed E-state index contributed by atoms with van der Waals surface area (Å²) in [4.78, 5) is 32.2. The smallest absolute Gasteiger partial charge is 0.404 e. The van der Waals surface area contributed by atoms with Crippen molar-refractivity contribution in [1.82, 2.24) is 25.3 Å². The zero-order valence-electron chi connectivity index (χ0n) is 27.4. The largest absolute Gasteiger partial charge is 0.465 e. The van der Waals surface area contributed by atoms with Gasteiger partial charge < -0.3 is 34.6 Å². The Morgan fingerprint density at radius 2 is 2.04 bits per heavy atom. The Labute approximate surface area is 280 Å². The fraction of sp³-hybridized carbons (Fsp3) is 0.625. The predicted molar refractivity (Wildman–Crippen MR) is 182 cm³/mol. The van der Waals surface area contributed by atoms with Crippen LogP contribution < -0.4 is 10.2 Å². The van der Waals surface area contributed by atoms with Crippen LogP contribution in [0.25, 0.3) is 11.0 Å². The average molecular weight is 689 g/mol. The van der Waals surface area contributed by atoms with E-state index in [0.29, 0.717) is 41.4 Å². The van der Waals surface area contributed by atoms with Gasteiger partial charge in [0.2, 0.25) is 0 Å². The third-order valence-electron chi connectivity index (χ3n) is 10.6. The van der Waals surface area contributed by atoms with E-state index in [4.69, 9.17) is 35.7 Å². The van der Waals surface area contributed by atoms with E-state index in [1.54, 1.807) is 6.20 Å². The SMILES string of the molecule is C[C@@H]1OCC2(CCN(c3ncc(Sc4cc5[nH]c6c(c5nc4Cl)CC(O[Si](C)(C)C(C)(C)C)CC6)nc3CO)CC2)[C@@H]1NC(=O)O. The van der Waals surface area contributed by atoms with E-state index in [2.05, 4.69) is 49.1 Å². The summed E-state index contributed by atoms with van der Waals surface area (Å²) in [5.74, 6) is 0.641. The minimum Gasteiger partial charge on any atom is -0.465 e. The average Bonchev–Trinajstić information content (AvgIpc) is 3.49. The summed E-state index contributed by atoms with van der Waals surface area (Å²) in [7, 11) is -1.89. The quantitative estimate of drug-likeness (QED) is 0.168. The molecule has 2 saturated heterocycles. The van der Waals surface area contributed by atoms with Gasteiger partial charge in [0.1, 0.15) is 15.9 Å². The molecule has 1 aliphatic carbocycles. The standard InChI is InChI=1S/C32H45ClN6O5SSi/c1-18-27(38-30(41)42)32(17-43-18)9-11-39(12-10-32)29-23(16-40)36-25(15-34-29)45-24-14-22-26(37-28(24)33)20-13-19(7-8-21(20)35-22)44-46(5,6)31(2,3)4/h14-15,18-19,27,35,38,40H,7-13,16-17H2,1-6H3,(H,41,42)/t18-,19?,27+/m0/s1. The molecule has 0 saturated carbocycles. The number of hydrogen-bond donors (Lipinski definition) is 4. The second kappa shape index (κ2) is 12.6. The summed E-state index contributed by atoms with van der Waals surface area (Å²) in [5, 5.41) is 23.5. The molecular formula is C32H45ClN6O5SSi. The number of halogens is 1. The van der Waals surface area contributed by atoms with Gasteiger partial charge in [-0.2, -0.15) is 0 Å². The molecule has 2 aliphatic heterocycles. The third kappa shape index (κ3) is 6.38. The lowest BCUT2D eigenvalue weighted by atomic mass is 9.73. The molecule has 3 aliphatic rings. The number of amides is 1. The number of hydrogen-bond acceptors (Lipinski definition) is 9. The molecule has 0 aromatic carbocycles. The van der Waals surface area contributed by atoms with Gasteiger partial charge in [-0.3, -0.25) is 0 Å². The number of carbonyl (C=O) groups is 1. The fourth-order valence-electron chi connectivity index (χ4n) is 6.95. The van der Waals surface area contributed by atoms with Crippen molar-refractivity contribution >= 4 is 54.6 Å². The molecule has 6 rings (SSSR count). The highest BCUT2D eigenvalue weighted by atomic mass is 35.5. The molecule has 1 spiro atoms. The highest BCUT2D eigenvalue weighted by molar-refractivity contribution is 7.99. The molecule has 0 radical (unpaired) electrons. The molecule has 0 bridgehead atoms. The van der Waals surface area contributed by atoms with Crippen LogP contribution in [0.5, 0.6) is 0 Å². The Morgan fingerprint density at radius 3 is 2.72 bits per heavy atom. The Morgan fingerprint density at radius 1 is 1.30 bits per heavy atom. The van der Waals surface area contributed by atoms with Gasteiger partial charge in [0.25, 0.3) is 0 Å². The molecule has 46 heavy (non-hydrogen) atoms. The number of aliphatic hydroxyl groups excluding tert-OH is 1. The second-order valence-corrected chi connectivity index (χ2v) is 20.7. The van der Waals surface area contributed by atoms with Crippen molar-refractivity contribution in [2.75, 3.05) is 24.6 Å². The van der Waals surface area contributed by atoms with Crippen LogP contribution in [0.3, 0.4) is 0 Å². The molecule has 3 aromatic heterocycles. The summed E-state index contributed by atoms with van der Waals surface area (Å²) < 4.78 is 12.6. The molecule has 5 heterocycles. The molecule has 14 heteroatoms. The zero-order valence-corrected chi connectivity index (χ0v) is 30.0. The van der Waals surface area contributed by atoms with Crippen LogP contribution in [0.1, 0.15) is 63.9 Å². The number of anilines is 1. The summed E-state index contributed by atoms with van der Waals surface area (Å²) >= 11 is 8.14. The number of nitrogens with one attached hydrogen (secondary N) is 2. The molecule has 3 aromatic rings. The van der Waals surface area contributed by atoms with Crippen molar-refractivity contribution in [3.63, 3.8) is 0 Å². The minimum atomic E-state index is -1.89. The van der Waals surface area contributed by atoms with Crippen LogP contribution in [0.2, 0.25) is 23.3 Å². The maximum atomic E-state index is 11.4. The number of piperidine rings is 1. The van der Waals surface area contributed by atoms with Crippen molar-refractivity contribution in [1.29, 1.82) is 0 Å². The van der Waals surface area contributed by atoms with E-state index in [9.17, 15) is 15.0 Å². The number of fused-ring (bicyclic) bond motifs is 3. The first-order chi connectivity index (χ1) is 21.7. The number of rotatable bonds is 7. The number of aromatic amines is 1. The Kier molecular flexibility index (Phi) is 9.13. The maximum absolute atomic E-state index is 11.4. The van der Waals surface area contributed by atoms with Gasteiger partial charge in [-0.15, -0.1) is 0 Å². The summed E-state index contributed by atoms with van der Waals surface area (Å²) in [6.07, 6.45) is 4.89. The Hall–Kier alpha value is -2.42. The van der Waals surface area contributed by atoms with E-state index in [0.717, 1.165) is 48.0 Å². The molecule has 250 valence electrons. The highest BCUT2D eigenvalue weighted by Crippen LogP contribution is 2.44. The lowest BCUT2D eigenvalue weighted by Gasteiger charge is -2.42. The van der Waals surface area contributed by atoms with Crippen molar-refractivity contribution in [2.45, 2.75) is 113 Å². The molecule has 1 amide bonds. The second-order valence-electron chi connectivity index (χ2n) is 14.5. The van der Waals surface area contributed by atoms with Crippen molar-refractivity contribution in [3.05, 3.63) is 34.4 Å². The maximum Gasteiger partial charge on any atom is 0.404 e. The Bertz CT molecular complexity index is 1620. The van der Waals surface area contributed by atoms with Crippen molar-refractivity contribution in [2.24, 2.45) is 5.41 Å². The van der Waals surface area contributed by atoms with E-state index in [1.807, 2.05) is 13.0 Å². The lowest BCUT2D eigenvalue weighted by molar-refractivity contribution is 0.0970. The number of ether oxygens (including phenoxy) is 1. The number of nitrogens with zero attached hydrogens (tertiary/aromatic N) is 4. The van der Waals surface area contributed by atoms with Crippen LogP contribution in [-0.4, -0.2) is 82.5 Å². The van der Waals surface area contributed by atoms with Gasteiger partial charge in [0.05, 0.1) is 47.5 Å². The van der Waals surface area contributed by atoms with E-state index in [1.165, 1.54) is 23.0 Å². The molecule has 11 nitrogen and oxygen atoms in total. The van der Waals surface area contributed by atoms with Crippen LogP contribution in [0, 0.1) is 5.41 Å². The number of H-pyrrole nitrogens is 1. The third-order valence-corrected chi connectivity index (χ3v) is 16.4. The number of pyridine rings is 1. The van der Waals surface area contributed by atoms with Gasteiger partial charge in [-0.1, -0.05) is 44.1 Å². The monoisotopic (exact) mass is 688 g/mol. The van der Waals surface area contributed by atoms with E-state index in [-0.39, 0.29) is 35.3 Å². The predicted octanol–water partition coefficient (Wildman–Crippen LogP) is 6.17. The van der Waals surface area contributed by atoms with Crippen LogP contribution >= 0.6 is 23.4 Å². The first-order valence-corrected chi connectivity index (χ1v) is 20.2. The minimum absolute atomic E-state index is 0.156.